The summed E-state index contributed by atoms with van der Waals surface area (Å²) in [6.45, 7) is 1.20. The molecule has 0 saturated carbocycles. The number of hydrogen-bond donors (Lipinski definition) is 3. The quantitative estimate of drug-likeness (QED) is 0.538. The van der Waals surface area contributed by atoms with Crippen molar-refractivity contribution >= 4 is 18.4 Å². The number of aromatic hydroxyl groups is 1. The highest BCUT2D eigenvalue weighted by atomic mass is 35.5. The number of para-hydroxylation sites is 3. The smallest absolute Gasteiger partial charge is 0.368 e. The maximum absolute atomic E-state index is 11.2. The minimum atomic E-state index is -0.745. The van der Waals surface area contributed by atoms with Crippen LogP contribution in [0.5, 0.6) is 17.2 Å². The van der Waals surface area contributed by atoms with Gasteiger partial charge in [0.1, 0.15) is 30.4 Å². The van der Waals surface area contributed by atoms with Gasteiger partial charge >= 0.3 is 6.03 Å². The number of nitrogens with zero attached hydrogens (tertiary/aromatic N) is 2. The maximum Gasteiger partial charge on any atom is 0.368 e. The van der Waals surface area contributed by atoms with E-state index in [9.17, 15) is 15.0 Å². The zero-order valence-electron chi connectivity index (χ0n) is 14.4. The summed E-state index contributed by atoms with van der Waals surface area (Å²) in [6, 6.07) is 11.2. The van der Waals surface area contributed by atoms with Crippen LogP contribution in [-0.2, 0) is 0 Å². The SMILES string of the molecule is Cl.O=C1N=c2cccc(OCC(O)CNCCOc3ccccc3O)c2=N1. The fraction of sp³-hybridized carbons (Fsp3) is 0.278. The van der Waals surface area contributed by atoms with Crippen LogP contribution in [0.15, 0.2) is 52.4 Å². The summed E-state index contributed by atoms with van der Waals surface area (Å²) >= 11 is 0. The first-order chi connectivity index (χ1) is 12.6. The Morgan fingerprint density at radius 2 is 1.81 bits per heavy atom. The van der Waals surface area contributed by atoms with Gasteiger partial charge in [-0.3, -0.25) is 0 Å². The van der Waals surface area contributed by atoms with Crippen LogP contribution in [0.2, 0.25) is 0 Å². The molecular formula is C18H20ClN3O5. The zero-order chi connectivity index (χ0) is 18.4. The van der Waals surface area contributed by atoms with E-state index in [1.54, 1.807) is 42.5 Å². The molecule has 0 fully saturated rings. The molecular weight excluding hydrogens is 374 g/mol. The number of aliphatic hydroxyl groups is 1. The van der Waals surface area contributed by atoms with E-state index in [1.807, 2.05) is 0 Å². The number of aliphatic hydroxyl groups excluding tert-OH is 1. The Hall–Kier alpha value is -2.68. The van der Waals surface area contributed by atoms with Gasteiger partial charge in [-0.1, -0.05) is 18.2 Å². The fourth-order valence-electron chi connectivity index (χ4n) is 2.38. The van der Waals surface area contributed by atoms with E-state index in [1.165, 1.54) is 0 Å². The Morgan fingerprint density at radius 1 is 1.04 bits per heavy atom. The predicted octanol–water partition coefficient (Wildman–Crippen LogP) is 0.595. The average Bonchev–Trinajstić information content (AvgIpc) is 3.02. The van der Waals surface area contributed by atoms with E-state index < -0.39 is 12.1 Å². The second kappa shape index (κ2) is 9.86. The van der Waals surface area contributed by atoms with Gasteiger partial charge in [-0.25, -0.2) is 4.79 Å². The molecule has 2 aromatic carbocycles. The number of phenolic OH excluding ortho intramolecular Hbond substituents is 1. The minimum Gasteiger partial charge on any atom is -0.504 e. The number of carbonyl (C=O) groups is 1. The van der Waals surface area contributed by atoms with Crippen molar-refractivity contribution in [2.75, 3.05) is 26.3 Å². The number of nitrogens with one attached hydrogen (secondary N) is 1. The van der Waals surface area contributed by atoms with Crippen molar-refractivity contribution in [2.45, 2.75) is 6.10 Å². The summed E-state index contributed by atoms with van der Waals surface area (Å²) in [4.78, 5) is 18.8. The van der Waals surface area contributed by atoms with Crippen LogP contribution in [0.25, 0.3) is 0 Å². The summed E-state index contributed by atoms with van der Waals surface area (Å²) in [5.41, 5.74) is 0. The van der Waals surface area contributed by atoms with Gasteiger partial charge in [0.05, 0.1) is 5.36 Å². The van der Waals surface area contributed by atoms with Gasteiger partial charge in [0.15, 0.2) is 11.5 Å². The summed E-state index contributed by atoms with van der Waals surface area (Å²) in [6.07, 6.45) is -0.745. The van der Waals surface area contributed by atoms with Gasteiger partial charge in [-0.15, -0.1) is 12.4 Å². The van der Waals surface area contributed by atoms with E-state index in [-0.39, 0.29) is 24.8 Å². The third kappa shape index (κ3) is 5.65. The van der Waals surface area contributed by atoms with Gasteiger partial charge in [0.25, 0.3) is 0 Å². The maximum atomic E-state index is 11.2. The number of fused-ring (bicyclic) bond motifs is 1. The van der Waals surface area contributed by atoms with Crippen LogP contribution in [0.1, 0.15) is 0 Å². The average molecular weight is 394 g/mol. The second-order valence-corrected chi connectivity index (χ2v) is 5.62. The number of phenols is 1. The highest BCUT2D eigenvalue weighted by molar-refractivity contribution is 5.85. The first-order valence-electron chi connectivity index (χ1n) is 8.16. The molecule has 0 spiro atoms. The van der Waals surface area contributed by atoms with Gasteiger partial charge in [0.2, 0.25) is 0 Å². The van der Waals surface area contributed by atoms with E-state index in [0.29, 0.717) is 41.9 Å². The Morgan fingerprint density at radius 3 is 2.63 bits per heavy atom. The number of benzene rings is 2. The topological polar surface area (TPSA) is 113 Å². The van der Waals surface area contributed by atoms with Crippen molar-refractivity contribution in [3.63, 3.8) is 0 Å². The van der Waals surface area contributed by atoms with Crippen LogP contribution >= 0.6 is 12.4 Å². The fourth-order valence-corrected chi connectivity index (χ4v) is 2.38. The molecule has 2 amide bonds. The van der Waals surface area contributed by atoms with E-state index in [4.69, 9.17) is 9.47 Å². The van der Waals surface area contributed by atoms with Crippen molar-refractivity contribution in [2.24, 2.45) is 9.98 Å². The number of ether oxygens (including phenoxy) is 2. The molecule has 8 nitrogen and oxygen atoms in total. The standard InChI is InChI=1S/C18H19N3O5.ClH/c22-12(10-19-8-9-25-15-6-2-1-5-14(15)23)11-26-16-7-3-4-13-17(16)21-18(24)20-13;/h1-7,12,19,22-23H,8-11H2;1H. The Kier molecular flexibility index (Phi) is 7.54. The number of halogens is 1. The summed E-state index contributed by atoms with van der Waals surface area (Å²) < 4.78 is 11.0. The molecule has 0 aromatic heterocycles. The van der Waals surface area contributed by atoms with Crippen LogP contribution in [0.4, 0.5) is 4.79 Å². The number of urea groups is 1. The molecule has 1 atom stereocenters. The summed E-state index contributed by atoms with van der Waals surface area (Å²) in [5.74, 6) is 0.922. The monoisotopic (exact) mass is 393 g/mol. The van der Waals surface area contributed by atoms with Crippen LogP contribution in [-0.4, -0.2) is 48.7 Å². The summed E-state index contributed by atoms with van der Waals surface area (Å²) in [5, 5.41) is 23.5. The first-order valence-corrected chi connectivity index (χ1v) is 8.16. The van der Waals surface area contributed by atoms with Crippen molar-refractivity contribution < 1.29 is 24.5 Å². The Labute approximate surface area is 161 Å². The molecule has 1 aliphatic heterocycles. The molecule has 3 N–H and O–H groups in total. The molecule has 0 radical (unpaired) electrons. The molecule has 9 heteroatoms. The largest absolute Gasteiger partial charge is 0.504 e. The van der Waals surface area contributed by atoms with Crippen LogP contribution < -0.4 is 25.5 Å². The number of hydrogen-bond acceptors (Lipinski definition) is 6. The normalized spacial score (nSPS) is 13.0. The van der Waals surface area contributed by atoms with Crippen molar-refractivity contribution in [1.29, 1.82) is 0 Å². The second-order valence-electron chi connectivity index (χ2n) is 5.62. The Balaban J connectivity index is 0.00000261. The highest BCUT2D eigenvalue weighted by Crippen LogP contribution is 2.23. The van der Waals surface area contributed by atoms with Crippen LogP contribution in [0.3, 0.4) is 0 Å². The van der Waals surface area contributed by atoms with Gasteiger partial charge in [0, 0.05) is 13.1 Å². The molecule has 27 heavy (non-hydrogen) atoms. The molecule has 3 rings (SSSR count). The number of rotatable bonds is 9. The van der Waals surface area contributed by atoms with Gasteiger partial charge < -0.3 is 25.0 Å². The molecule has 1 aliphatic rings. The summed E-state index contributed by atoms with van der Waals surface area (Å²) in [7, 11) is 0. The van der Waals surface area contributed by atoms with Crippen molar-refractivity contribution in [3.05, 3.63) is 53.2 Å². The van der Waals surface area contributed by atoms with Crippen molar-refractivity contribution in [1.82, 2.24) is 5.32 Å². The zero-order valence-corrected chi connectivity index (χ0v) is 15.2. The van der Waals surface area contributed by atoms with E-state index in [0.717, 1.165) is 0 Å². The molecule has 0 bridgehead atoms. The van der Waals surface area contributed by atoms with E-state index >= 15 is 0 Å². The molecule has 144 valence electrons. The lowest BCUT2D eigenvalue weighted by Crippen LogP contribution is -2.34. The molecule has 0 saturated heterocycles. The molecule has 1 unspecified atom stereocenters. The minimum absolute atomic E-state index is 0. The van der Waals surface area contributed by atoms with Crippen LogP contribution in [0, 0.1) is 0 Å². The lowest BCUT2D eigenvalue weighted by Gasteiger charge is -2.13. The molecule has 2 aromatic rings. The predicted molar refractivity (Wildman–Crippen MR) is 99.4 cm³/mol. The van der Waals surface area contributed by atoms with E-state index in [2.05, 4.69) is 15.3 Å². The number of amides is 2. The number of carbonyl (C=O) groups excluding carboxylic acids is 1. The lowest BCUT2D eigenvalue weighted by atomic mass is 10.3. The van der Waals surface area contributed by atoms with Gasteiger partial charge in [-0.05, 0) is 24.3 Å². The third-order valence-corrected chi connectivity index (χ3v) is 3.61. The Bertz CT molecular complexity index is 906. The molecule has 0 aliphatic carbocycles. The lowest BCUT2D eigenvalue weighted by molar-refractivity contribution is 0.104. The van der Waals surface area contributed by atoms with Crippen molar-refractivity contribution in [3.8, 4) is 17.2 Å². The highest BCUT2D eigenvalue weighted by Gasteiger charge is 2.11. The van der Waals surface area contributed by atoms with Gasteiger partial charge in [-0.2, -0.15) is 9.98 Å². The first kappa shape index (κ1) is 20.6. The molecule has 1 heterocycles. The third-order valence-electron chi connectivity index (χ3n) is 3.61.